The molecule has 1 saturated heterocycles. The third kappa shape index (κ3) is 3.95. The number of nitrogens with two attached hydrogens (primary N) is 1. The smallest absolute Gasteiger partial charge is 0.253 e. The lowest BCUT2D eigenvalue weighted by atomic mass is 10.1. The maximum atomic E-state index is 12.6. The topological polar surface area (TPSA) is 55.6 Å². The zero-order valence-electron chi connectivity index (χ0n) is 14.1. The van der Waals surface area contributed by atoms with Crippen LogP contribution in [0, 0.1) is 6.92 Å². The maximum absolute atomic E-state index is 12.6. The van der Waals surface area contributed by atoms with E-state index in [2.05, 4.69) is 19.1 Å². The number of carbonyl (C=O) groups is 1. The Balaban J connectivity index is 1.54. The van der Waals surface area contributed by atoms with Gasteiger partial charge in [0.15, 0.2) is 0 Å². The molecule has 0 saturated carbocycles. The van der Waals surface area contributed by atoms with Crippen LogP contribution in [0.2, 0.25) is 0 Å². The van der Waals surface area contributed by atoms with E-state index < -0.39 is 0 Å². The first-order valence-electron chi connectivity index (χ1n) is 8.47. The summed E-state index contributed by atoms with van der Waals surface area (Å²) in [6.07, 6.45) is 1.90. The number of rotatable bonds is 4. The Kier molecular flexibility index (Phi) is 5.16. The van der Waals surface area contributed by atoms with Gasteiger partial charge in [0.05, 0.1) is 0 Å². The summed E-state index contributed by atoms with van der Waals surface area (Å²) in [6.45, 7) is 4.02. The third-order valence-electron chi connectivity index (χ3n) is 4.49. The van der Waals surface area contributed by atoms with Gasteiger partial charge in [0, 0.05) is 38.0 Å². The Hall–Kier alpha value is -2.33. The highest BCUT2D eigenvalue weighted by molar-refractivity contribution is 5.94. The molecule has 0 unspecified atom stereocenters. The van der Waals surface area contributed by atoms with Crippen molar-refractivity contribution in [3.05, 3.63) is 65.2 Å². The summed E-state index contributed by atoms with van der Waals surface area (Å²) in [5, 5.41) is 0. The molecule has 0 spiro atoms. The number of amides is 1. The molecule has 24 heavy (non-hydrogen) atoms. The van der Waals surface area contributed by atoms with Gasteiger partial charge in [-0.25, -0.2) is 0 Å². The van der Waals surface area contributed by atoms with Gasteiger partial charge in [-0.3, -0.25) is 4.79 Å². The average molecular weight is 324 g/mol. The molecule has 1 aliphatic rings. The number of likely N-dealkylation sites (tertiary alicyclic amines) is 1. The molecule has 126 valence electrons. The van der Waals surface area contributed by atoms with Crippen LogP contribution in [0.4, 0.5) is 0 Å². The second-order valence-electron chi connectivity index (χ2n) is 6.32. The Morgan fingerprint density at radius 1 is 1.08 bits per heavy atom. The second-order valence-corrected chi connectivity index (χ2v) is 6.32. The van der Waals surface area contributed by atoms with Gasteiger partial charge in [-0.1, -0.05) is 29.8 Å². The van der Waals surface area contributed by atoms with Crippen molar-refractivity contribution in [2.24, 2.45) is 5.73 Å². The van der Waals surface area contributed by atoms with Crippen molar-refractivity contribution < 1.29 is 9.53 Å². The Bertz CT molecular complexity index is 672. The molecular weight excluding hydrogens is 300 g/mol. The number of aryl methyl sites for hydroxylation is 1. The number of piperidine rings is 1. The Morgan fingerprint density at radius 2 is 1.71 bits per heavy atom. The van der Waals surface area contributed by atoms with Crippen molar-refractivity contribution >= 4 is 5.91 Å². The van der Waals surface area contributed by atoms with Crippen LogP contribution in [0.5, 0.6) is 5.75 Å². The van der Waals surface area contributed by atoms with Crippen molar-refractivity contribution in [2.75, 3.05) is 13.1 Å². The summed E-state index contributed by atoms with van der Waals surface area (Å²) in [4.78, 5) is 14.5. The van der Waals surface area contributed by atoms with Crippen LogP contribution >= 0.6 is 0 Å². The van der Waals surface area contributed by atoms with E-state index in [4.69, 9.17) is 10.5 Å². The predicted octanol–water partition coefficient (Wildman–Crippen LogP) is 3.14. The number of nitrogens with zero attached hydrogens (tertiary/aromatic N) is 1. The van der Waals surface area contributed by atoms with E-state index in [9.17, 15) is 4.79 Å². The summed E-state index contributed by atoms with van der Waals surface area (Å²) >= 11 is 0. The van der Waals surface area contributed by atoms with Crippen LogP contribution in [0.1, 0.15) is 34.3 Å². The van der Waals surface area contributed by atoms with Crippen LogP contribution in [-0.2, 0) is 6.54 Å². The minimum Gasteiger partial charge on any atom is -0.490 e. The average Bonchev–Trinajstić information content (AvgIpc) is 2.64. The normalized spacial score (nSPS) is 15.3. The van der Waals surface area contributed by atoms with Crippen molar-refractivity contribution in [1.29, 1.82) is 0 Å². The molecule has 0 atom stereocenters. The van der Waals surface area contributed by atoms with E-state index in [1.165, 1.54) is 5.56 Å². The molecule has 1 amide bonds. The first-order chi connectivity index (χ1) is 11.7. The fourth-order valence-electron chi connectivity index (χ4n) is 2.95. The SMILES string of the molecule is Cc1ccc(OC2CCN(C(=O)c3ccc(CN)cc3)CC2)cc1. The minimum absolute atomic E-state index is 0.0901. The van der Waals surface area contributed by atoms with E-state index in [0.29, 0.717) is 6.54 Å². The van der Waals surface area contributed by atoms with E-state index in [1.54, 1.807) is 0 Å². The lowest BCUT2D eigenvalue weighted by Gasteiger charge is -2.32. The molecule has 0 bridgehead atoms. The quantitative estimate of drug-likeness (QED) is 0.940. The van der Waals surface area contributed by atoms with Gasteiger partial charge in [0.2, 0.25) is 0 Å². The molecule has 0 aliphatic carbocycles. The molecule has 1 aliphatic heterocycles. The zero-order chi connectivity index (χ0) is 16.9. The highest BCUT2D eigenvalue weighted by Gasteiger charge is 2.24. The van der Waals surface area contributed by atoms with E-state index in [0.717, 1.165) is 42.8 Å². The van der Waals surface area contributed by atoms with Gasteiger partial charge in [0.1, 0.15) is 11.9 Å². The number of ether oxygens (including phenoxy) is 1. The molecule has 4 nitrogen and oxygen atoms in total. The fourth-order valence-corrected chi connectivity index (χ4v) is 2.95. The number of carbonyl (C=O) groups excluding carboxylic acids is 1. The molecule has 1 fully saturated rings. The van der Waals surface area contributed by atoms with Gasteiger partial charge < -0.3 is 15.4 Å². The van der Waals surface area contributed by atoms with E-state index in [1.807, 2.05) is 41.3 Å². The molecular formula is C20H24N2O2. The number of hydrogen-bond acceptors (Lipinski definition) is 3. The Labute approximate surface area is 143 Å². The van der Waals surface area contributed by atoms with Gasteiger partial charge in [0.25, 0.3) is 5.91 Å². The molecule has 0 aromatic heterocycles. The van der Waals surface area contributed by atoms with Crippen LogP contribution in [0.25, 0.3) is 0 Å². The first kappa shape index (κ1) is 16.5. The lowest BCUT2D eigenvalue weighted by Crippen LogP contribution is -2.41. The first-order valence-corrected chi connectivity index (χ1v) is 8.47. The maximum Gasteiger partial charge on any atom is 0.253 e. The second kappa shape index (κ2) is 7.49. The van der Waals surface area contributed by atoms with Crippen LogP contribution in [0.15, 0.2) is 48.5 Å². The van der Waals surface area contributed by atoms with Gasteiger partial charge in [-0.05, 0) is 36.8 Å². The van der Waals surface area contributed by atoms with Gasteiger partial charge >= 0.3 is 0 Å². The lowest BCUT2D eigenvalue weighted by molar-refractivity contribution is 0.0595. The summed E-state index contributed by atoms with van der Waals surface area (Å²) < 4.78 is 6.02. The van der Waals surface area contributed by atoms with Gasteiger partial charge in [-0.2, -0.15) is 0 Å². The van der Waals surface area contributed by atoms with Gasteiger partial charge in [-0.15, -0.1) is 0 Å². The summed E-state index contributed by atoms with van der Waals surface area (Å²) in [6, 6.07) is 15.7. The van der Waals surface area contributed by atoms with Crippen molar-refractivity contribution in [3.63, 3.8) is 0 Å². The zero-order valence-corrected chi connectivity index (χ0v) is 14.1. The van der Waals surface area contributed by atoms with Crippen molar-refractivity contribution in [1.82, 2.24) is 4.90 Å². The molecule has 2 aromatic rings. The molecule has 1 heterocycles. The summed E-state index contributed by atoms with van der Waals surface area (Å²) in [5.41, 5.74) is 8.59. The standard InChI is InChI=1S/C20H24N2O2/c1-15-2-8-18(9-3-15)24-19-10-12-22(13-11-19)20(23)17-6-4-16(14-21)5-7-17/h2-9,19H,10-14,21H2,1H3. The molecule has 0 radical (unpaired) electrons. The number of benzene rings is 2. The van der Waals surface area contributed by atoms with Crippen molar-refractivity contribution in [2.45, 2.75) is 32.4 Å². The van der Waals surface area contributed by atoms with Crippen LogP contribution < -0.4 is 10.5 Å². The van der Waals surface area contributed by atoms with Crippen LogP contribution in [-0.4, -0.2) is 30.0 Å². The predicted molar refractivity (Wildman–Crippen MR) is 95.1 cm³/mol. The highest BCUT2D eigenvalue weighted by Crippen LogP contribution is 2.20. The summed E-state index contributed by atoms with van der Waals surface area (Å²) in [7, 11) is 0. The van der Waals surface area contributed by atoms with E-state index >= 15 is 0 Å². The fraction of sp³-hybridized carbons (Fsp3) is 0.350. The molecule has 4 heteroatoms. The minimum atomic E-state index is 0.0901. The van der Waals surface area contributed by atoms with Crippen LogP contribution in [0.3, 0.4) is 0 Å². The molecule has 2 N–H and O–H groups in total. The Morgan fingerprint density at radius 3 is 2.29 bits per heavy atom. The monoisotopic (exact) mass is 324 g/mol. The van der Waals surface area contributed by atoms with Crippen molar-refractivity contribution in [3.8, 4) is 5.75 Å². The highest BCUT2D eigenvalue weighted by atomic mass is 16.5. The molecule has 3 rings (SSSR count). The summed E-state index contributed by atoms with van der Waals surface area (Å²) in [5.74, 6) is 0.995. The van der Waals surface area contributed by atoms with E-state index in [-0.39, 0.29) is 12.0 Å². The number of hydrogen-bond donors (Lipinski definition) is 1. The molecule has 2 aromatic carbocycles. The third-order valence-corrected chi connectivity index (χ3v) is 4.49. The largest absolute Gasteiger partial charge is 0.490 e.